The van der Waals surface area contributed by atoms with Gasteiger partial charge in [-0.1, -0.05) is 18.2 Å². The second-order valence-corrected chi connectivity index (χ2v) is 8.99. The van der Waals surface area contributed by atoms with Crippen LogP contribution in [0.25, 0.3) is 0 Å². The Bertz CT molecular complexity index is 1100. The maximum atomic E-state index is 12.6. The highest BCUT2D eigenvalue weighted by Gasteiger charge is 2.34. The van der Waals surface area contributed by atoms with E-state index in [0.717, 1.165) is 6.26 Å². The number of nitrogens with one attached hydrogen (secondary N) is 1. The van der Waals surface area contributed by atoms with Gasteiger partial charge in [-0.15, -0.1) is 0 Å². The van der Waals surface area contributed by atoms with Gasteiger partial charge in [0.05, 0.1) is 18.0 Å². The van der Waals surface area contributed by atoms with Crippen molar-refractivity contribution in [3.05, 3.63) is 51.7 Å². The number of sulfone groups is 1. The molecule has 0 spiro atoms. The molecular weight excluding hydrogens is 386 g/mol. The van der Waals surface area contributed by atoms with E-state index in [1.165, 1.54) is 10.6 Å². The first-order valence-electron chi connectivity index (χ1n) is 8.57. The van der Waals surface area contributed by atoms with Crippen LogP contribution >= 0.6 is 0 Å². The molecule has 3 rings (SSSR count). The second kappa shape index (κ2) is 7.02. The zero-order valence-corrected chi connectivity index (χ0v) is 16.5. The summed E-state index contributed by atoms with van der Waals surface area (Å²) in [6, 6.07) is 6.25. The Morgan fingerprint density at radius 2 is 2.04 bits per heavy atom. The quantitative estimate of drug-likeness (QED) is 0.757. The molecule has 1 aromatic heterocycles. The topological polar surface area (TPSA) is 128 Å². The van der Waals surface area contributed by atoms with Crippen LogP contribution < -0.4 is 10.9 Å². The Labute approximate surface area is 161 Å². The fourth-order valence-corrected chi connectivity index (χ4v) is 4.04. The molecule has 2 aromatic rings. The lowest BCUT2D eigenvalue weighted by Gasteiger charge is -2.32. The number of hydrogen-bond donors (Lipinski definition) is 2. The predicted octanol–water partition coefficient (Wildman–Crippen LogP) is 0.548. The van der Waals surface area contributed by atoms with Crippen LogP contribution in [0.15, 0.2) is 34.0 Å². The van der Waals surface area contributed by atoms with Crippen LogP contribution in [0.4, 0.5) is 0 Å². The zero-order valence-electron chi connectivity index (χ0n) is 15.7. The van der Waals surface area contributed by atoms with Crippen molar-refractivity contribution in [3.63, 3.8) is 0 Å². The molecule has 0 unspecified atom stereocenters. The fraction of sp³-hybridized carbons (Fsp3) is 0.389. The number of aromatic hydroxyl groups is 1. The largest absolute Gasteiger partial charge is 0.501 e. The lowest BCUT2D eigenvalue weighted by molar-refractivity contribution is -0.0566. The van der Waals surface area contributed by atoms with E-state index in [2.05, 4.69) is 10.3 Å². The van der Waals surface area contributed by atoms with E-state index >= 15 is 0 Å². The van der Waals surface area contributed by atoms with E-state index in [1.807, 2.05) is 0 Å². The molecule has 1 aliphatic rings. The lowest BCUT2D eigenvalue weighted by atomic mass is 10.1. The third-order valence-electron chi connectivity index (χ3n) is 4.49. The van der Waals surface area contributed by atoms with Gasteiger partial charge in [-0.05, 0) is 25.5 Å². The zero-order chi connectivity index (χ0) is 20.7. The van der Waals surface area contributed by atoms with Crippen LogP contribution in [0.3, 0.4) is 0 Å². The minimum absolute atomic E-state index is 0.0903. The number of rotatable bonds is 4. The third kappa shape index (κ3) is 3.65. The molecule has 2 heterocycles. The van der Waals surface area contributed by atoms with Gasteiger partial charge in [0.2, 0.25) is 5.75 Å². The molecule has 2 N–H and O–H groups in total. The van der Waals surface area contributed by atoms with Crippen LogP contribution in [0.1, 0.15) is 35.7 Å². The molecule has 0 aliphatic carbocycles. The molecule has 1 aliphatic heterocycles. The van der Waals surface area contributed by atoms with E-state index in [0.29, 0.717) is 5.56 Å². The first kappa shape index (κ1) is 20.0. The van der Waals surface area contributed by atoms with Crippen molar-refractivity contribution in [1.82, 2.24) is 14.9 Å². The van der Waals surface area contributed by atoms with Gasteiger partial charge < -0.3 is 15.2 Å². The summed E-state index contributed by atoms with van der Waals surface area (Å²) >= 11 is 0. The Balaban J connectivity index is 1.93. The van der Waals surface area contributed by atoms with Crippen molar-refractivity contribution in [2.75, 3.05) is 12.9 Å². The number of carbonyl (C=O) groups is 1. The van der Waals surface area contributed by atoms with Crippen molar-refractivity contribution in [2.45, 2.75) is 37.4 Å². The van der Waals surface area contributed by atoms with Crippen LogP contribution in [0.2, 0.25) is 0 Å². The van der Waals surface area contributed by atoms with Gasteiger partial charge >= 0.3 is 0 Å². The highest BCUT2D eigenvalue weighted by molar-refractivity contribution is 7.90. The number of amides is 1. The summed E-state index contributed by atoms with van der Waals surface area (Å²) in [6.45, 7) is 3.83. The Kier molecular flexibility index (Phi) is 5.02. The molecule has 9 nitrogen and oxygen atoms in total. The Hall–Kier alpha value is -2.72. The number of aromatic nitrogens is 2. The molecule has 0 saturated heterocycles. The van der Waals surface area contributed by atoms with E-state index in [1.54, 1.807) is 32.0 Å². The number of hydrogen-bond acceptors (Lipinski definition) is 7. The summed E-state index contributed by atoms with van der Waals surface area (Å²) in [7, 11) is -3.47. The summed E-state index contributed by atoms with van der Waals surface area (Å²) in [5.74, 6) is -1.30. The van der Waals surface area contributed by atoms with E-state index < -0.39 is 38.3 Å². The smallest absolute Gasteiger partial charge is 0.296 e. The van der Waals surface area contributed by atoms with Crippen molar-refractivity contribution >= 4 is 15.7 Å². The minimum Gasteiger partial charge on any atom is -0.501 e. The van der Waals surface area contributed by atoms with Crippen LogP contribution in [0.5, 0.6) is 5.75 Å². The molecule has 0 atom stereocenters. The monoisotopic (exact) mass is 407 g/mol. The first-order valence-corrected chi connectivity index (χ1v) is 10.5. The van der Waals surface area contributed by atoms with E-state index in [-0.39, 0.29) is 30.4 Å². The summed E-state index contributed by atoms with van der Waals surface area (Å²) < 4.78 is 30.6. The summed E-state index contributed by atoms with van der Waals surface area (Å²) in [4.78, 5) is 29.3. The molecule has 0 bridgehead atoms. The molecule has 0 fully saturated rings. The second-order valence-electron chi connectivity index (χ2n) is 7.01. The number of ether oxygens (including phenoxy) is 1. The maximum absolute atomic E-state index is 12.6. The van der Waals surface area contributed by atoms with Gasteiger partial charge in [0, 0.05) is 12.8 Å². The Morgan fingerprint density at radius 3 is 2.71 bits per heavy atom. The lowest BCUT2D eigenvalue weighted by Crippen LogP contribution is -2.42. The number of fused-ring (bicyclic) bond motifs is 1. The van der Waals surface area contributed by atoms with Crippen molar-refractivity contribution in [3.8, 4) is 5.75 Å². The highest BCUT2D eigenvalue weighted by Crippen LogP contribution is 2.27. The molecule has 0 radical (unpaired) electrons. The standard InChI is InChI=1S/C18H21N3O6S/c1-18(2)17-20-13(14(22)16(24)21(17)8-9-27-18)15(23)19-10-11-6-4-5-7-12(11)28(3,25)26/h4-7,22H,8-10H2,1-3H3,(H,19,23). The normalized spacial score (nSPS) is 15.7. The molecule has 0 saturated carbocycles. The third-order valence-corrected chi connectivity index (χ3v) is 5.69. The SMILES string of the molecule is CC1(C)OCCn2c1nc(C(=O)NCc1ccccc1S(C)(=O)=O)c(O)c2=O. The van der Waals surface area contributed by atoms with Crippen molar-refractivity contribution in [2.24, 2.45) is 0 Å². The summed E-state index contributed by atoms with van der Waals surface area (Å²) in [5.41, 5.74) is -1.66. The Morgan fingerprint density at radius 1 is 1.36 bits per heavy atom. The average Bonchev–Trinajstić information content (AvgIpc) is 2.62. The minimum atomic E-state index is -3.47. The summed E-state index contributed by atoms with van der Waals surface area (Å²) in [5, 5.41) is 12.7. The van der Waals surface area contributed by atoms with Gasteiger partial charge in [-0.25, -0.2) is 13.4 Å². The van der Waals surface area contributed by atoms with Crippen LogP contribution in [-0.2, 0) is 33.3 Å². The van der Waals surface area contributed by atoms with Crippen LogP contribution in [-0.4, -0.2) is 41.8 Å². The van der Waals surface area contributed by atoms with Crippen molar-refractivity contribution < 1.29 is 23.1 Å². The average molecular weight is 407 g/mol. The molecular formula is C18H21N3O6S. The molecule has 28 heavy (non-hydrogen) atoms. The maximum Gasteiger partial charge on any atom is 0.296 e. The fourth-order valence-electron chi connectivity index (χ4n) is 3.10. The first-order chi connectivity index (χ1) is 13.0. The van der Waals surface area contributed by atoms with Gasteiger partial charge in [-0.2, -0.15) is 0 Å². The molecule has 150 valence electrons. The van der Waals surface area contributed by atoms with E-state index in [4.69, 9.17) is 4.74 Å². The number of benzene rings is 1. The van der Waals surface area contributed by atoms with Crippen molar-refractivity contribution in [1.29, 1.82) is 0 Å². The van der Waals surface area contributed by atoms with Gasteiger partial charge in [0.25, 0.3) is 11.5 Å². The summed E-state index contributed by atoms with van der Waals surface area (Å²) in [6.07, 6.45) is 1.08. The molecule has 1 amide bonds. The predicted molar refractivity (Wildman–Crippen MR) is 99.9 cm³/mol. The van der Waals surface area contributed by atoms with Gasteiger partial charge in [0.1, 0.15) is 11.4 Å². The molecule has 1 aromatic carbocycles. The van der Waals surface area contributed by atoms with Crippen LogP contribution in [0, 0.1) is 0 Å². The number of nitrogens with zero attached hydrogens (tertiary/aromatic N) is 2. The molecule has 10 heteroatoms. The van der Waals surface area contributed by atoms with Gasteiger partial charge in [0.15, 0.2) is 15.5 Å². The number of carbonyl (C=O) groups excluding carboxylic acids is 1. The highest BCUT2D eigenvalue weighted by atomic mass is 32.2. The van der Waals surface area contributed by atoms with E-state index in [9.17, 15) is 23.1 Å². The van der Waals surface area contributed by atoms with Gasteiger partial charge in [-0.3, -0.25) is 14.2 Å².